The van der Waals surface area contributed by atoms with Crippen LogP contribution >= 0.6 is 11.6 Å². The molecule has 2 aromatic carbocycles. The maximum Gasteiger partial charge on any atom is 0.244 e. The van der Waals surface area contributed by atoms with Gasteiger partial charge < -0.3 is 10.2 Å². The first kappa shape index (κ1) is 27.0. The fraction of sp³-hybridized carbons (Fsp3) is 0.462. The summed E-state index contributed by atoms with van der Waals surface area (Å²) in [6, 6.07) is 13.5. The number of anilines is 1. The van der Waals surface area contributed by atoms with Gasteiger partial charge in [0.1, 0.15) is 12.6 Å². The van der Waals surface area contributed by atoms with E-state index in [4.69, 9.17) is 11.6 Å². The van der Waals surface area contributed by atoms with E-state index in [9.17, 15) is 18.0 Å². The highest BCUT2D eigenvalue weighted by Crippen LogP contribution is 2.25. The van der Waals surface area contributed by atoms with Gasteiger partial charge in [-0.2, -0.15) is 0 Å². The minimum atomic E-state index is -3.76. The smallest absolute Gasteiger partial charge is 0.244 e. The normalized spacial score (nSPS) is 15.0. The number of nitrogens with zero attached hydrogens (tertiary/aromatic N) is 2. The fourth-order valence-corrected chi connectivity index (χ4v) is 5.64. The van der Waals surface area contributed by atoms with Crippen molar-refractivity contribution in [2.75, 3.05) is 17.1 Å². The SMILES string of the molecule is CCC(C(=O)NC1CCCC1)N(Cc1ccccc1Cl)C(=O)CN(c1ccccc1C)S(C)(=O)=O. The Kier molecular flexibility index (Phi) is 9.19. The van der Waals surface area contributed by atoms with E-state index >= 15 is 0 Å². The number of benzene rings is 2. The number of para-hydroxylation sites is 1. The average Bonchev–Trinajstić information content (AvgIpc) is 3.31. The van der Waals surface area contributed by atoms with Gasteiger partial charge >= 0.3 is 0 Å². The molecular weight excluding hydrogens is 486 g/mol. The third-order valence-electron chi connectivity index (χ3n) is 6.45. The standard InChI is InChI=1S/C26H34ClN3O4S/c1-4-23(26(32)28-21-13-7-8-14-21)29(17-20-12-6-9-15-22(20)27)25(31)18-30(35(3,33)34)24-16-10-5-11-19(24)2/h5-6,9-12,15-16,21,23H,4,7-8,13-14,17-18H2,1-3H3,(H,28,32). The maximum atomic E-state index is 13.7. The second-order valence-electron chi connectivity index (χ2n) is 9.08. The van der Waals surface area contributed by atoms with Gasteiger partial charge in [0, 0.05) is 17.6 Å². The van der Waals surface area contributed by atoms with E-state index in [1.54, 1.807) is 43.3 Å². The van der Waals surface area contributed by atoms with Crippen LogP contribution in [0.15, 0.2) is 48.5 Å². The molecule has 1 aliphatic rings. The molecule has 1 atom stereocenters. The molecule has 7 nitrogen and oxygen atoms in total. The average molecular weight is 520 g/mol. The van der Waals surface area contributed by atoms with Crippen molar-refractivity contribution < 1.29 is 18.0 Å². The van der Waals surface area contributed by atoms with Crippen molar-refractivity contribution in [3.8, 4) is 0 Å². The van der Waals surface area contributed by atoms with Crippen LogP contribution in [0.2, 0.25) is 5.02 Å². The van der Waals surface area contributed by atoms with Crippen molar-refractivity contribution in [1.29, 1.82) is 0 Å². The summed E-state index contributed by atoms with van der Waals surface area (Å²) in [5.41, 5.74) is 1.86. The molecule has 0 radical (unpaired) electrons. The third-order valence-corrected chi connectivity index (χ3v) is 7.94. The van der Waals surface area contributed by atoms with Crippen LogP contribution < -0.4 is 9.62 Å². The van der Waals surface area contributed by atoms with Crippen LogP contribution in [0.3, 0.4) is 0 Å². The van der Waals surface area contributed by atoms with E-state index < -0.39 is 28.5 Å². The largest absolute Gasteiger partial charge is 0.352 e. The van der Waals surface area contributed by atoms with Crippen LogP contribution in [0.4, 0.5) is 5.69 Å². The summed E-state index contributed by atoms with van der Waals surface area (Å²) in [7, 11) is -3.76. The highest BCUT2D eigenvalue weighted by molar-refractivity contribution is 7.92. The zero-order valence-corrected chi connectivity index (χ0v) is 22.1. The Morgan fingerprint density at radius 1 is 1.09 bits per heavy atom. The molecule has 0 saturated heterocycles. The van der Waals surface area contributed by atoms with E-state index in [1.807, 2.05) is 19.1 Å². The second-order valence-corrected chi connectivity index (χ2v) is 11.4. The van der Waals surface area contributed by atoms with E-state index in [0.29, 0.717) is 22.7 Å². The minimum Gasteiger partial charge on any atom is -0.352 e. The molecule has 1 unspecified atom stereocenters. The molecule has 0 aromatic heterocycles. The Morgan fingerprint density at radius 3 is 2.31 bits per heavy atom. The molecule has 1 saturated carbocycles. The number of hydrogen-bond donors (Lipinski definition) is 1. The number of nitrogens with one attached hydrogen (secondary N) is 1. The summed E-state index contributed by atoms with van der Waals surface area (Å²) in [5.74, 6) is -0.686. The molecule has 1 fully saturated rings. The molecule has 0 spiro atoms. The summed E-state index contributed by atoms with van der Waals surface area (Å²) in [6.45, 7) is 3.33. The Balaban J connectivity index is 1.94. The lowest BCUT2D eigenvalue weighted by atomic mass is 10.1. The van der Waals surface area contributed by atoms with Gasteiger partial charge in [-0.3, -0.25) is 13.9 Å². The Hall–Kier alpha value is -2.58. The molecule has 0 aliphatic heterocycles. The fourth-order valence-electron chi connectivity index (χ4n) is 4.54. The second kappa shape index (κ2) is 11.9. The van der Waals surface area contributed by atoms with Gasteiger partial charge in [-0.25, -0.2) is 8.42 Å². The predicted octanol–water partition coefficient (Wildman–Crippen LogP) is 4.28. The van der Waals surface area contributed by atoms with Gasteiger partial charge in [-0.15, -0.1) is 0 Å². The van der Waals surface area contributed by atoms with Crippen LogP contribution in [0.25, 0.3) is 0 Å². The van der Waals surface area contributed by atoms with Crippen molar-refractivity contribution in [3.63, 3.8) is 0 Å². The van der Waals surface area contributed by atoms with Gasteiger partial charge in [-0.05, 0) is 49.4 Å². The van der Waals surface area contributed by atoms with Crippen molar-refractivity contribution in [3.05, 3.63) is 64.7 Å². The highest BCUT2D eigenvalue weighted by Gasteiger charge is 2.33. The van der Waals surface area contributed by atoms with Crippen molar-refractivity contribution in [2.24, 2.45) is 0 Å². The number of carbonyl (C=O) groups excluding carboxylic acids is 2. The summed E-state index contributed by atoms with van der Waals surface area (Å²) < 4.78 is 26.5. The lowest BCUT2D eigenvalue weighted by Crippen LogP contribution is -2.53. The van der Waals surface area contributed by atoms with E-state index in [-0.39, 0.29) is 18.5 Å². The van der Waals surface area contributed by atoms with E-state index in [2.05, 4.69) is 5.32 Å². The van der Waals surface area contributed by atoms with Crippen molar-refractivity contribution in [1.82, 2.24) is 10.2 Å². The molecule has 1 N–H and O–H groups in total. The Labute approximate surface area is 213 Å². The lowest BCUT2D eigenvalue weighted by molar-refractivity contribution is -0.140. The number of carbonyl (C=O) groups is 2. The monoisotopic (exact) mass is 519 g/mol. The molecular formula is C26H34ClN3O4S. The quantitative estimate of drug-likeness (QED) is 0.507. The first-order chi connectivity index (χ1) is 16.6. The molecule has 0 bridgehead atoms. The zero-order chi connectivity index (χ0) is 25.6. The third kappa shape index (κ3) is 6.98. The van der Waals surface area contributed by atoms with E-state index in [0.717, 1.165) is 41.8 Å². The topological polar surface area (TPSA) is 86.8 Å². The molecule has 1 aliphatic carbocycles. The molecule has 9 heteroatoms. The lowest BCUT2D eigenvalue weighted by Gasteiger charge is -2.33. The van der Waals surface area contributed by atoms with Gasteiger partial charge in [-0.1, -0.05) is 67.8 Å². The number of hydrogen-bond acceptors (Lipinski definition) is 4. The summed E-state index contributed by atoms with van der Waals surface area (Å²) in [5, 5.41) is 3.57. The number of rotatable bonds is 10. The maximum absolute atomic E-state index is 13.7. The first-order valence-electron chi connectivity index (χ1n) is 12.0. The molecule has 35 heavy (non-hydrogen) atoms. The van der Waals surface area contributed by atoms with E-state index in [1.165, 1.54) is 4.90 Å². The predicted molar refractivity (Wildman–Crippen MR) is 140 cm³/mol. The van der Waals surface area contributed by atoms with Gasteiger partial charge in [0.2, 0.25) is 21.8 Å². The van der Waals surface area contributed by atoms with Gasteiger partial charge in [0.05, 0.1) is 11.9 Å². The minimum absolute atomic E-state index is 0.0977. The van der Waals surface area contributed by atoms with Gasteiger partial charge in [0.15, 0.2) is 0 Å². The van der Waals surface area contributed by atoms with Crippen LogP contribution in [-0.2, 0) is 26.2 Å². The van der Waals surface area contributed by atoms with Crippen LogP contribution in [0, 0.1) is 6.92 Å². The number of aryl methyl sites for hydroxylation is 1. The number of sulfonamides is 1. The number of halogens is 1. The van der Waals surface area contributed by atoms with Crippen LogP contribution in [-0.4, -0.2) is 50.0 Å². The van der Waals surface area contributed by atoms with Crippen molar-refractivity contribution in [2.45, 2.75) is 64.6 Å². The summed E-state index contributed by atoms with van der Waals surface area (Å²) in [4.78, 5) is 28.5. The van der Waals surface area contributed by atoms with Crippen molar-refractivity contribution >= 4 is 39.1 Å². The molecule has 2 amide bonds. The summed E-state index contributed by atoms with van der Waals surface area (Å²) >= 11 is 6.39. The molecule has 2 aromatic rings. The Morgan fingerprint density at radius 2 is 1.71 bits per heavy atom. The molecule has 190 valence electrons. The van der Waals surface area contributed by atoms with Crippen LogP contribution in [0.5, 0.6) is 0 Å². The summed E-state index contributed by atoms with van der Waals surface area (Å²) in [6.07, 6.45) is 5.46. The molecule has 3 rings (SSSR count). The zero-order valence-electron chi connectivity index (χ0n) is 20.5. The molecule has 0 heterocycles. The highest BCUT2D eigenvalue weighted by atomic mass is 35.5. The van der Waals surface area contributed by atoms with Gasteiger partial charge in [0.25, 0.3) is 0 Å². The first-order valence-corrected chi connectivity index (χ1v) is 14.2. The number of amides is 2. The van der Waals surface area contributed by atoms with Crippen LogP contribution in [0.1, 0.15) is 50.2 Å². The Bertz CT molecular complexity index is 1150.